The smallest absolute Gasteiger partial charge is 0.305 e. The average Bonchev–Trinajstić information content (AvgIpc) is 2.96. The van der Waals surface area contributed by atoms with Gasteiger partial charge in [0, 0.05) is 25.8 Å². The predicted octanol–water partition coefficient (Wildman–Crippen LogP) is 2.41. The lowest BCUT2D eigenvalue weighted by molar-refractivity contribution is -0.137. The fourth-order valence-electron chi connectivity index (χ4n) is 2.60. The van der Waals surface area contributed by atoms with Crippen LogP contribution in [-0.4, -0.2) is 47.7 Å². The number of carboxylic acid groups (broad SMARTS) is 1. The number of aryl methyl sites for hydroxylation is 1. The van der Waals surface area contributed by atoms with Crippen LogP contribution in [0.3, 0.4) is 0 Å². The second-order valence-corrected chi connectivity index (χ2v) is 6.03. The zero-order chi connectivity index (χ0) is 15.2. The minimum Gasteiger partial charge on any atom is -0.481 e. The summed E-state index contributed by atoms with van der Waals surface area (Å²) in [6, 6.07) is 2.05. The maximum absolute atomic E-state index is 12.8. The lowest BCUT2D eigenvalue weighted by Gasteiger charge is -2.34. The van der Waals surface area contributed by atoms with Gasteiger partial charge in [0.2, 0.25) is 0 Å². The van der Waals surface area contributed by atoms with Crippen molar-refractivity contribution in [2.45, 2.75) is 38.6 Å². The Bertz CT molecular complexity index is 494. The first-order valence-electron chi connectivity index (χ1n) is 7.30. The van der Waals surface area contributed by atoms with Gasteiger partial charge in [-0.2, -0.15) is 0 Å². The fraction of sp³-hybridized carbons (Fsp3) is 0.600. The first-order chi connectivity index (χ1) is 10.1. The molecule has 116 valence electrons. The van der Waals surface area contributed by atoms with Gasteiger partial charge in [0.1, 0.15) is 0 Å². The summed E-state index contributed by atoms with van der Waals surface area (Å²) in [6.07, 6.45) is 2.34. The third-order valence-electron chi connectivity index (χ3n) is 3.78. The molecule has 0 unspecified atom stereocenters. The monoisotopic (exact) mass is 311 g/mol. The molecule has 0 bridgehead atoms. The number of carbonyl (C=O) groups excluding carboxylic acids is 1. The second-order valence-electron chi connectivity index (χ2n) is 5.11. The highest BCUT2D eigenvalue weighted by Gasteiger charge is 2.28. The van der Waals surface area contributed by atoms with E-state index in [9.17, 15) is 9.59 Å². The molecule has 1 aliphatic rings. The third kappa shape index (κ3) is 4.04. The summed E-state index contributed by atoms with van der Waals surface area (Å²) in [5.41, 5.74) is 1.04. The van der Waals surface area contributed by atoms with Crippen molar-refractivity contribution in [1.82, 2.24) is 4.90 Å². The zero-order valence-electron chi connectivity index (χ0n) is 12.2. The Morgan fingerprint density at radius 2 is 2.14 bits per heavy atom. The van der Waals surface area contributed by atoms with Gasteiger partial charge in [0.05, 0.1) is 11.3 Å². The average molecular weight is 311 g/mol. The number of nitrogens with zero attached hydrogens (tertiary/aromatic N) is 1. The van der Waals surface area contributed by atoms with E-state index >= 15 is 0 Å². The predicted molar refractivity (Wildman–Crippen MR) is 80.8 cm³/mol. The minimum absolute atomic E-state index is 0.0179. The molecule has 6 heteroatoms. The molecule has 1 aliphatic heterocycles. The SMILES string of the molecule is CCc1ccsc1C(=O)N(CCC(=O)O)C1CCOCC1. The van der Waals surface area contributed by atoms with Gasteiger partial charge in [-0.15, -0.1) is 11.3 Å². The quantitative estimate of drug-likeness (QED) is 0.876. The van der Waals surface area contributed by atoms with E-state index in [-0.39, 0.29) is 24.9 Å². The summed E-state index contributed by atoms with van der Waals surface area (Å²) in [4.78, 5) is 26.1. The van der Waals surface area contributed by atoms with Gasteiger partial charge in [-0.05, 0) is 36.3 Å². The molecule has 0 atom stereocenters. The van der Waals surface area contributed by atoms with Crippen molar-refractivity contribution in [2.75, 3.05) is 19.8 Å². The van der Waals surface area contributed by atoms with Crippen LogP contribution in [0.25, 0.3) is 0 Å². The number of hydrogen-bond donors (Lipinski definition) is 1. The lowest BCUT2D eigenvalue weighted by Crippen LogP contribution is -2.44. The van der Waals surface area contributed by atoms with E-state index in [4.69, 9.17) is 9.84 Å². The van der Waals surface area contributed by atoms with Gasteiger partial charge in [-0.3, -0.25) is 9.59 Å². The number of ether oxygens (including phenoxy) is 1. The summed E-state index contributed by atoms with van der Waals surface area (Å²) in [7, 11) is 0. The van der Waals surface area contributed by atoms with Crippen LogP contribution in [0.15, 0.2) is 11.4 Å². The molecule has 21 heavy (non-hydrogen) atoms. The highest BCUT2D eigenvalue weighted by molar-refractivity contribution is 7.12. The van der Waals surface area contributed by atoms with Crippen LogP contribution in [0.2, 0.25) is 0 Å². The van der Waals surface area contributed by atoms with E-state index in [0.29, 0.717) is 13.2 Å². The van der Waals surface area contributed by atoms with E-state index in [1.165, 1.54) is 11.3 Å². The van der Waals surface area contributed by atoms with Gasteiger partial charge >= 0.3 is 5.97 Å². The second kappa shape index (κ2) is 7.56. The standard InChI is InChI=1S/C15H21NO4S/c1-2-11-6-10-21-14(11)15(19)16(7-3-13(17)18)12-4-8-20-9-5-12/h6,10,12H,2-5,7-9H2,1H3,(H,17,18). The van der Waals surface area contributed by atoms with E-state index in [2.05, 4.69) is 0 Å². The summed E-state index contributed by atoms with van der Waals surface area (Å²) < 4.78 is 5.34. The Hall–Kier alpha value is -1.40. The number of carbonyl (C=O) groups is 2. The van der Waals surface area contributed by atoms with Crippen LogP contribution in [-0.2, 0) is 16.0 Å². The molecule has 5 nitrogen and oxygen atoms in total. The van der Waals surface area contributed by atoms with Crippen LogP contribution in [0, 0.1) is 0 Å². The summed E-state index contributed by atoms with van der Waals surface area (Å²) >= 11 is 1.44. The Balaban J connectivity index is 2.16. The summed E-state index contributed by atoms with van der Waals surface area (Å²) in [6.45, 7) is 3.55. The molecule has 1 N–H and O–H groups in total. The van der Waals surface area contributed by atoms with Crippen molar-refractivity contribution in [2.24, 2.45) is 0 Å². The number of hydrogen-bond acceptors (Lipinski definition) is 4. The first kappa shape index (κ1) is 16.0. The largest absolute Gasteiger partial charge is 0.481 e. The minimum atomic E-state index is -0.873. The summed E-state index contributed by atoms with van der Waals surface area (Å²) in [5, 5.41) is 10.8. The molecule has 0 aliphatic carbocycles. The molecule has 0 aromatic carbocycles. The fourth-order valence-corrected chi connectivity index (χ4v) is 3.55. The third-order valence-corrected chi connectivity index (χ3v) is 4.73. The van der Waals surface area contributed by atoms with Crippen molar-refractivity contribution in [1.29, 1.82) is 0 Å². The molecule has 2 heterocycles. The number of aliphatic carboxylic acids is 1. The van der Waals surface area contributed by atoms with Crippen LogP contribution in [0.1, 0.15) is 41.4 Å². The van der Waals surface area contributed by atoms with Crippen molar-refractivity contribution in [3.8, 4) is 0 Å². The molecule has 1 aromatic rings. The van der Waals surface area contributed by atoms with E-state index in [0.717, 1.165) is 29.7 Å². The number of thiophene rings is 1. The molecular weight excluding hydrogens is 290 g/mol. The van der Waals surface area contributed by atoms with Gasteiger partial charge in [0.15, 0.2) is 0 Å². The molecule has 0 radical (unpaired) electrons. The van der Waals surface area contributed by atoms with Crippen LogP contribution in [0.4, 0.5) is 0 Å². The van der Waals surface area contributed by atoms with Crippen molar-refractivity contribution < 1.29 is 19.4 Å². The Kier molecular flexibility index (Phi) is 5.76. The molecule has 1 amide bonds. The maximum Gasteiger partial charge on any atom is 0.305 e. The molecular formula is C15H21NO4S. The van der Waals surface area contributed by atoms with Gasteiger partial charge in [-0.1, -0.05) is 6.92 Å². The van der Waals surface area contributed by atoms with Crippen molar-refractivity contribution >= 4 is 23.2 Å². The number of carboxylic acids is 1. The van der Waals surface area contributed by atoms with E-state index in [1.807, 2.05) is 18.4 Å². The highest BCUT2D eigenvalue weighted by Crippen LogP contribution is 2.23. The first-order valence-corrected chi connectivity index (χ1v) is 8.18. The molecule has 1 fully saturated rings. The zero-order valence-corrected chi connectivity index (χ0v) is 13.0. The van der Waals surface area contributed by atoms with Gasteiger partial charge in [-0.25, -0.2) is 0 Å². The number of amides is 1. The normalized spacial score (nSPS) is 15.9. The number of rotatable bonds is 6. The maximum atomic E-state index is 12.8. The molecule has 1 aromatic heterocycles. The Morgan fingerprint density at radius 1 is 1.43 bits per heavy atom. The van der Waals surface area contributed by atoms with Crippen LogP contribution < -0.4 is 0 Å². The van der Waals surface area contributed by atoms with Gasteiger partial charge < -0.3 is 14.7 Å². The van der Waals surface area contributed by atoms with Crippen molar-refractivity contribution in [3.63, 3.8) is 0 Å². The van der Waals surface area contributed by atoms with E-state index in [1.54, 1.807) is 4.90 Å². The Labute approximate surface area is 128 Å². The summed E-state index contributed by atoms with van der Waals surface area (Å²) in [5.74, 6) is -0.906. The lowest BCUT2D eigenvalue weighted by atomic mass is 10.1. The highest BCUT2D eigenvalue weighted by atomic mass is 32.1. The van der Waals surface area contributed by atoms with Crippen molar-refractivity contribution in [3.05, 3.63) is 21.9 Å². The topological polar surface area (TPSA) is 66.8 Å². The Morgan fingerprint density at radius 3 is 2.76 bits per heavy atom. The molecule has 0 spiro atoms. The van der Waals surface area contributed by atoms with Crippen LogP contribution in [0.5, 0.6) is 0 Å². The molecule has 1 saturated heterocycles. The molecule has 0 saturated carbocycles. The van der Waals surface area contributed by atoms with E-state index < -0.39 is 5.97 Å². The van der Waals surface area contributed by atoms with Gasteiger partial charge in [0.25, 0.3) is 5.91 Å². The van der Waals surface area contributed by atoms with Crippen LogP contribution >= 0.6 is 11.3 Å². The molecule has 2 rings (SSSR count).